The van der Waals surface area contributed by atoms with Crippen LogP contribution in [0.2, 0.25) is 0 Å². The molecule has 0 aromatic carbocycles. The van der Waals surface area contributed by atoms with E-state index in [0.29, 0.717) is 17.7 Å². The normalized spacial score (nSPS) is 27.7. The number of amides is 1. The van der Waals surface area contributed by atoms with Gasteiger partial charge in [-0.1, -0.05) is 34.6 Å². The lowest BCUT2D eigenvalue weighted by molar-refractivity contribution is 0.0444. The van der Waals surface area contributed by atoms with Gasteiger partial charge in [0.15, 0.2) is 0 Å². The van der Waals surface area contributed by atoms with Crippen molar-refractivity contribution in [2.24, 2.45) is 11.8 Å². The van der Waals surface area contributed by atoms with E-state index in [-0.39, 0.29) is 17.4 Å². The van der Waals surface area contributed by atoms with Gasteiger partial charge in [-0.2, -0.15) is 0 Å². The smallest absolute Gasteiger partial charge is 0.293 e. The Hall–Kier alpha value is -1.39. The maximum Gasteiger partial charge on any atom is 0.293 e. The number of likely N-dealkylation sites (tertiary alicyclic amines) is 1. The third-order valence-electron chi connectivity index (χ3n) is 4.25. The summed E-state index contributed by atoms with van der Waals surface area (Å²) in [5.41, 5.74) is -0.125. The van der Waals surface area contributed by atoms with Gasteiger partial charge in [0, 0.05) is 18.0 Å². The lowest BCUT2D eigenvalue weighted by atomic mass is 9.86. The highest BCUT2D eigenvalue weighted by molar-refractivity contribution is 5.90. The van der Waals surface area contributed by atoms with Crippen LogP contribution in [-0.4, -0.2) is 38.6 Å². The summed E-state index contributed by atoms with van der Waals surface area (Å²) in [5, 5.41) is 7.01. The number of piperidine rings is 1. The van der Waals surface area contributed by atoms with Crippen LogP contribution in [0.25, 0.3) is 0 Å². The molecule has 0 saturated carbocycles. The van der Waals surface area contributed by atoms with Gasteiger partial charge in [-0.15, -0.1) is 5.10 Å². The highest BCUT2D eigenvalue weighted by Gasteiger charge is 2.34. The van der Waals surface area contributed by atoms with E-state index in [1.165, 1.54) is 6.42 Å². The zero-order valence-corrected chi connectivity index (χ0v) is 13.4. The zero-order valence-electron chi connectivity index (χ0n) is 13.4. The molecule has 3 unspecified atom stereocenters. The van der Waals surface area contributed by atoms with Crippen LogP contribution in [0.1, 0.15) is 64.4 Å². The topological polar surface area (TPSA) is 61.9 Å². The fourth-order valence-electron chi connectivity index (χ4n) is 2.80. The Morgan fingerprint density at radius 2 is 1.95 bits per heavy atom. The van der Waals surface area contributed by atoms with Gasteiger partial charge in [0.2, 0.25) is 5.82 Å². The molecule has 2 heterocycles. The van der Waals surface area contributed by atoms with Crippen molar-refractivity contribution in [1.29, 1.82) is 0 Å². The van der Waals surface area contributed by atoms with Gasteiger partial charge in [-0.3, -0.25) is 9.89 Å². The number of carbonyl (C=O) groups is 1. The van der Waals surface area contributed by atoms with Crippen LogP contribution >= 0.6 is 0 Å². The number of carbonyl (C=O) groups excluding carboxylic acids is 1. The van der Waals surface area contributed by atoms with Crippen molar-refractivity contribution < 1.29 is 4.79 Å². The van der Waals surface area contributed by atoms with E-state index < -0.39 is 0 Å². The molecule has 0 aliphatic carbocycles. The van der Waals surface area contributed by atoms with Crippen molar-refractivity contribution in [2.45, 2.75) is 59.4 Å². The molecule has 1 aromatic rings. The first-order valence-corrected chi connectivity index (χ1v) is 7.44. The number of rotatable bonds is 1. The second-order valence-corrected chi connectivity index (χ2v) is 7.27. The van der Waals surface area contributed by atoms with E-state index in [9.17, 15) is 4.79 Å². The average Bonchev–Trinajstić information content (AvgIpc) is 2.82. The predicted molar refractivity (Wildman–Crippen MR) is 78.5 cm³/mol. The second-order valence-electron chi connectivity index (χ2n) is 7.27. The molecule has 1 amide bonds. The lowest BCUT2D eigenvalue weighted by Gasteiger charge is -2.40. The van der Waals surface area contributed by atoms with Crippen LogP contribution in [0.5, 0.6) is 0 Å². The molecule has 1 aliphatic rings. The van der Waals surface area contributed by atoms with E-state index in [0.717, 1.165) is 12.4 Å². The van der Waals surface area contributed by atoms with Crippen molar-refractivity contribution in [3.8, 4) is 0 Å². The highest BCUT2D eigenvalue weighted by Crippen LogP contribution is 2.28. The van der Waals surface area contributed by atoms with Crippen LogP contribution in [0.3, 0.4) is 0 Å². The van der Waals surface area contributed by atoms with Crippen molar-refractivity contribution in [2.75, 3.05) is 6.54 Å². The maximum absolute atomic E-state index is 12.6. The Labute approximate surface area is 121 Å². The first-order valence-electron chi connectivity index (χ1n) is 7.44. The van der Waals surface area contributed by atoms with Gasteiger partial charge >= 0.3 is 0 Å². The molecule has 112 valence electrons. The molecule has 20 heavy (non-hydrogen) atoms. The number of aromatic amines is 1. The summed E-state index contributed by atoms with van der Waals surface area (Å²) < 4.78 is 0. The van der Waals surface area contributed by atoms with Crippen LogP contribution < -0.4 is 0 Å². The van der Waals surface area contributed by atoms with E-state index in [1.54, 1.807) is 0 Å². The third kappa shape index (κ3) is 2.86. The first kappa shape index (κ1) is 15.0. The minimum Gasteiger partial charge on any atom is -0.333 e. The Kier molecular flexibility index (Phi) is 3.89. The number of H-pyrrole nitrogens is 1. The Bertz CT molecular complexity index is 488. The van der Waals surface area contributed by atoms with E-state index in [1.807, 2.05) is 4.90 Å². The standard InChI is InChI=1S/C15H26N4O/c1-9-7-10(2)11(3)19(8-9)13(20)12-16-14(18-17-12)15(4,5)6/h9-11H,7-8H2,1-6H3,(H,16,17,18). The summed E-state index contributed by atoms with van der Waals surface area (Å²) in [7, 11) is 0. The number of hydrogen-bond acceptors (Lipinski definition) is 3. The Morgan fingerprint density at radius 3 is 2.50 bits per heavy atom. The molecule has 0 bridgehead atoms. The quantitative estimate of drug-likeness (QED) is 0.859. The molecule has 5 nitrogen and oxygen atoms in total. The van der Waals surface area contributed by atoms with Crippen molar-refractivity contribution in [3.63, 3.8) is 0 Å². The number of nitrogens with zero attached hydrogens (tertiary/aromatic N) is 3. The third-order valence-corrected chi connectivity index (χ3v) is 4.25. The van der Waals surface area contributed by atoms with Crippen LogP contribution in [0.15, 0.2) is 0 Å². The Balaban J connectivity index is 2.20. The second kappa shape index (κ2) is 5.19. The van der Waals surface area contributed by atoms with Gasteiger partial charge in [0.25, 0.3) is 5.91 Å². The monoisotopic (exact) mass is 278 g/mol. The summed E-state index contributed by atoms with van der Waals surface area (Å²) in [6.07, 6.45) is 1.17. The summed E-state index contributed by atoms with van der Waals surface area (Å²) in [6.45, 7) is 13.5. The summed E-state index contributed by atoms with van der Waals surface area (Å²) >= 11 is 0. The van der Waals surface area contributed by atoms with Gasteiger partial charge in [0.1, 0.15) is 5.82 Å². The SMILES string of the molecule is CC1CC(C)C(C)N(C(=O)c2n[nH]c(C(C)(C)C)n2)C1. The Morgan fingerprint density at radius 1 is 1.30 bits per heavy atom. The molecular weight excluding hydrogens is 252 g/mol. The molecule has 1 fully saturated rings. The van der Waals surface area contributed by atoms with Gasteiger partial charge in [-0.25, -0.2) is 4.98 Å². The van der Waals surface area contributed by atoms with Crippen LogP contribution in [0.4, 0.5) is 0 Å². The zero-order chi connectivity index (χ0) is 15.1. The molecular formula is C15H26N4O. The molecule has 0 spiro atoms. The molecule has 1 saturated heterocycles. The minimum absolute atomic E-state index is 0.0531. The maximum atomic E-state index is 12.6. The fraction of sp³-hybridized carbons (Fsp3) is 0.800. The van der Waals surface area contributed by atoms with Crippen molar-refractivity contribution in [3.05, 3.63) is 11.6 Å². The summed E-state index contributed by atoms with van der Waals surface area (Å²) in [4.78, 5) is 18.9. The largest absolute Gasteiger partial charge is 0.333 e. The lowest BCUT2D eigenvalue weighted by Crippen LogP contribution is -2.49. The molecule has 1 aromatic heterocycles. The molecule has 5 heteroatoms. The molecule has 3 atom stereocenters. The first-order chi connectivity index (χ1) is 9.20. The molecule has 2 rings (SSSR count). The van der Waals surface area contributed by atoms with Crippen molar-refractivity contribution >= 4 is 5.91 Å². The number of hydrogen-bond donors (Lipinski definition) is 1. The predicted octanol–water partition coefficient (Wildman–Crippen LogP) is 2.61. The minimum atomic E-state index is -0.125. The average molecular weight is 278 g/mol. The van der Waals surface area contributed by atoms with Gasteiger partial charge in [0.05, 0.1) is 0 Å². The van der Waals surface area contributed by atoms with Crippen molar-refractivity contribution in [1.82, 2.24) is 20.1 Å². The number of nitrogens with one attached hydrogen (secondary N) is 1. The summed E-state index contributed by atoms with van der Waals surface area (Å²) in [5.74, 6) is 2.05. The number of aromatic nitrogens is 3. The van der Waals surface area contributed by atoms with Crippen LogP contribution in [-0.2, 0) is 5.41 Å². The van der Waals surface area contributed by atoms with E-state index in [2.05, 4.69) is 56.7 Å². The van der Waals surface area contributed by atoms with E-state index >= 15 is 0 Å². The molecule has 1 aliphatic heterocycles. The van der Waals surface area contributed by atoms with Gasteiger partial charge < -0.3 is 4.90 Å². The highest BCUT2D eigenvalue weighted by atomic mass is 16.2. The van der Waals surface area contributed by atoms with Crippen LogP contribution in [0, 0.1) is 11.8 Å². The molecule has 0 radical (unpaired) electrons. The fourth-order valence-corrected chi connectivity index (χ4v) is 2.80. The summed E-state index contributed by atoms with van der Waals surface area (Å²) in [6, 6.07) is 0.246. The molecule has 1 N–H and O–H groups in total. The van der Waals surface area contributed by atoms with Gasteiger partial charge in [-0.05, 0) is 25.2 Å². The van der Waals surface area contributed by atoms with E-state index in [4.69, 9.17) is 0 Å².